The molecule has 1 aromatic carbocycles. The van der Waals surface area contributed by atoms with Crippen LogP contribution in [0, 0.1) is 0 Å². The van der Waals surface area contributed by atoms with E-state index >= 15 is 0 Å². The Kier molecular flexibility index (Phi) is 4.58. The van der Waals surface area contributed by atoms with Crippen LogP contribution in [0.1, 0.15) is 19.8 Å². The van der Waals surface area contributed by atoms with Crippen molar-refractivity contribution in [3.05, 3.63) is 30.5 Å². The number of nitrogens with one attached hydrogen (secondary N) is 1. The minimum Gasteiger partial charge on any atom is -0.494 e. The maximum Gasteiger partial charge on any atom is 0.147 e. The van der Waals surface area contributed by atoms with Gasteiger partial charge in [-0.1, -0.05) is 6.07 Å². The van der Waals surface area contributed by atoms with Crippen molar-refractivity contribution in [3.8, 4) is 5.75 Å². The van der Waals surface area contributed by atoms with E-state index < -0.39 is 0 Å². The first-order valence-electron chi connectivity index (χ1n) is 6.63. The summed E-state index contributed by atoms with van der Waals surface area (Å²) in [5, 5.41) is 4.48. The molecule has 1 heterocycles. The molecule has 0 aliphatic rings. The highest BCUT2D eigenvalue weighted by atomic mass is 16.5. The van der Waals surface area contributed by atoms with E-state index in [0.717, 1.165) is 41.7 Å². The Bertz CT molecular complexity index is 540. The third kappa shape index (κ3) is 3.58. The molecule has 0 saturated heterocycles. The molecular weight excluding hydrogens is 238 g/mol. The number of rotatable bonds is 6. The summed E-state index contributed by atoms with van der Waals surface area (Å²) in [7, 11) is 1.67. The van der Waals surface area contributed by atoms with Gasteiger partial charge in [-0.2, -0.15) is 0 Å². The van der Waals surface area contributed by atoms with Gasteiger partial charge < -0.3 is 15.8 Å². The fraction of sp³-hybridized carbons (Fsp3) is 0.400. The van der Waals surface area contributed by atoms with Crippen molar-refractivity contribution in [1.82, 2.24) is 4.98 Å². The quantitative estimate of drug-likeness (QED) is 0.783. The Morgan fingerprint density at radius 1 is 1.42 bits per heavy atom. The van der Waals surface area contributed by atoms with Crippen molar-refractivity contribution < 1.29 is 4.74 Å². The highest BCUT2D eigenvalue weighted by Gasteiger charge is 2.05. The Morgan fingerprint density at radius 3 is 3.00 bits per heavy atom. The van der Waals surface area contributed by atoms with Crippen LogP contribution >= 0.6 is 0 Å². The van der Waals surface area contributed by atoms with Crippen LogP contribution in [0.2, 0.25) is 0 Å². The van der Waals surface area contributed by atoms with Crippen molar-refractivity contribution in [1.29, 1.82) is 0 Å². The van der Waals surface area contributed by atoms with Gasteiger partial charge in [0.2, 0.25) is 0 Å². The van der Waals surface area contributed by atoms with Crippen LogP contribution in [0.3, 0.4) is 0 Å². The van der Waals surface area contributed by atoms with Crippen molar-refractivity contribution in [2.75, 3.05) is 19.0 Å². The second-order valence-corrected chi connectivity index (χ2v) is 4.80. The molecule has 3 N–H and O–H groups in total. The van der Waals surface area contributed by atoms with E-state index in [-0.39, 0.29) is 6.04 Å². The van der Waals surface area contributed by atoms with Crippen molar-refractivity contribution >= 4 is 16.6 Å². The minimum atomic E-state index is 0.261. The number of anilines is 1. The van der Waals surface area contributed by atoms with Gasteiger partial charge in [-0.25, -0.2) is 0 Å². The molecule has 0 aliphatic heterocycles. The van der Waals surface area contributed by atoms with Gasteiger partial charge in [-0.05, 0) is 31.9 Å². The number of hydrogen-bond acceptors (Lipinski definition) is 4. The molecular formula is C15H21N3O. The number of benzene rings is 1. The molecule has 2 rings (SSSR count). The highest BCUT2D eigenvalue weighted by molar-refractivity contribution is 5.88. The summed E-state index contributed by atoms with van der Waals surface area (Å²) in [5.41, 5.74) is 7.69. The number of hydrogen-bond donors (Lipinski definition) is 2. The summed E-state index contributed by atoms with van der Waals surface area (Å²) in [5.74, 6) is 0.799. The van der Waals surface area contributed by atoms with Crippen molar-refractivity contribution in [2.24, 2.45) is 5.73 Å². The third-order valence-electron chi connectivity index (χ3n) is 3.06. The molecule has 1 aromatic heterocycles. The zero-order valence-electron chi connectivity index (χ0n) is 11.5. The predicted molar refractivity (Wildman–Crippen MR) is 79.7 cm³/mol. The number of ether oxygens (including phenoxy) is 1. The van der Waals surface area contributed by atoms with Crippen LogP contribution in [-0.4, -0.2) is 24.7 Å². The van der Waals surface area contributed by atoms with Gasteiger partial charge >= 0.3 is 0 Å². The van der Waals surface area contributed by atoms with E-state index in [2.05, 4.69) is 16.4 Å². The zero-order valence-corrected chi connectivity index (χ0v) is 11.5. The van der Waals surface area contributed by atoms with Crippen LogP contribution in [0.15, 0.2) is 30.5 Å². The summed E-state index contributed by atoms with van der Waals surface area (Å²) in [6, 6.07) is 8.31. The first kappa shape index (κ1) is 13.6. The van der Waals surface area contributed by atoms with Gasteiger partial charge in [0.25, 0.3) is 0 Å². The molecule has 0 radical (unpaired) electrons. The van der Waals surface area contributed by atoms with Gasteiger partial charge in [0.1, 0.15) is 11.3 Å². The molecule has 1 atom stereocenters. The van der Waals surface area contributed by atoms with E-state index in [4.69, 9.17) is 10.5 Å². The molecule has 102 valence electrons. The normalized spacial score (nSPS) is 12.4. The lowest BCUT2D eigenvalue weighted by Crippen LogP contribution is -2.16. The monoisotopic (exact) mass is 259 g/mol. The second kappa shape index (κ2) is 6.38. The van der Waals surface area contributed by atoms with Crippen LogP contribution in [0.4, 0.5) is 5.69 Å². The molecule has 0 bridgehead atoms. The van der Waals surface area contributed by atoms with Crippen LogP contribution in [-0.2, 0) is 0 Å². The van der Waals surface area contributed by atoms with Gasteiger partial charge in [0, 0.05) is 35.9 Å². The Balaban J connectivity index is 2.11. The number of nitrogens with zero attached hydrogens (tertiary/aromatic N) is 1. The van der Waals surface area contributed by atoms with Crippen molar-refractivity contribution in [2.45, 2.75) is 25.8 Å². The topological polar surface area (TPSA) is 60.2 Å². The van der Waals surface area contributed by atoms with Gasteiger partial charge in [0.15, 0.2) is 0 Å². The smallest absolute Gasteiger partial charge is 0.147 e. The molecule has 0 aliphatic carbocycles. The minimum absolute atomic E-state index is 0.261. The molecule has 0 saturated carbocycles. The standard InChI is InChI=1S/C15H21N3O/c1-11(16)5-3-7-17-13-9-12-6-4-8-18-15(12)14(10-13)19-2/h4,6,8-11,17H,3,5,7,16H2,1-2H3. The molecule has 4 nitrogen and oxygen atoms in total. The van der Waals surface area contributed by atoms with E-state index in [0.29, 0.717) is 0 Å². The average molecular weight is 259 g/mol. The van der Waals surface area contributed by atoms with E-state index in [9.17, 15) is 0 Å². The lowest BCUT2D eigenvalue weighted by molar-refractivity contribution is 0.419. The average Bonchev–Trinajstić information content (AvgIpc) is 2.42. The molecule has 19 heavy (non-hydrogen) atoms. The summed E-state index contributed by atoms with van der Waals surface area (Å²) >= 11 is 0. The van der Waals surface area contributed by atoms with Gasteiger partial charge in [-0.15, -0.1) is 0 Å². The number of pyridine rings is 1. The largest absolute Gasteiger partial charge is 0.494 e. The maximum absolute atomic E-state index is 5.74. The Hall–Kier alpha value is -1.81. The summed E-state index contributed by atoms with van der Waals surface area (Å²) in [4.78, 5) is 4.34. The summed E-state index contributed by atoms with van der Waals surface area (Å²) in [6.07, 6.45) is 3.87. The number of nitrogens with two attached hydrogens (primary N) is 1. The molecule has 0 amide bonds. The van der Waals surface area contributed by atoms with Crippen molar-refractivity contribution in [3.63, 3.8) is 0 Å². The molecule has 0 fully saturated rings. The maximum atomic E-state index is 5.74. The van der Waals surface area contributed by atoms with Crippen LogP contribution in [0.5, 0.6) is 5.75 Å². The first-order chi connectivity index (χ1) is 9.20. The number of aromatic nitrogens is 1. The Morgan fingerprint density at radius 2 is 2.26 bits per heavy atom. The molecule has 0 spiro atoms. The lowest BCUT2D eigenvalue weighted by atomic mass is 10.1. The van der Waals surface area contributed by atoms with E-state index in [1.54, 1.807) is 13.3 Å². The highest BCUT2D eigenvalue weighted by Crippen LogP contribution is 2.27. The van der Waals surface area contributed by atoms with E-state index in [1.165, 1.54) is 0 Å². The van der Waals surface area contributed by atoms with Crippen LogP contribution < -0.4 is 15.8 Å². The molecule has 2 aromatic rings. The number of methoxy groups -OCH3 is 1. The zero-order chi connectivity index (χ0) is 13.7. The fourth-order valence-electron chi connectivity index (χ4n) is 2.07. The summed E-state index contributed by atoms with van der Waals surface area (Å²) < 4.78 is 5.39. The van der Waals surface area contributed by atoms with Gasteiger partial charge in [0.05, 0.1) is 7.11 Å². The SMILES string of the molecule is COc1cc(NCCCC(C)N)cc2cccnc12. The third-order valence-corrected chi connectivity index (χ3v) is 3.06. The predicted octanol–water partition coefficient (Wildman–Crippen LogP) is 2.78. The second-order valence-electron chi connectivity index (χ2n) is 4.80. The van der Waals surface area contributed by atoms with Gasteiger partial charge in [-0.3, -0.25) is 4.98 Å². The first-order valence-corrected chi connectivity index (χ1v) is 6.63. The van der Waals surface area contributed by atoms with Crippen LogP contribution in [0.25, 0.3) is 10.9 Å². The molecule has 4 heteroatoms. The summed E-state index contributed by atoms with van der Waals surface area (Å²) in [6.45, 7) is 2.95. The fourth-order valence-corrected chi connectivity index (χ4v) is 2.07. The number of fused-ring (bicyclic) bond motifs is 1. The van der Waals surface area contributed by atoms with E-state index in [1.807, 2.05) is 25.1 Å². The lowest BCUT2D eigenvalue weighted by Gasteiger charge is -2.11. The Labute approximate surface area is 114 Å². The molecule has 1 unspecified atom stereocenters.